The molecular formula is C19H25N3O2. The van der Waals surface area contributed by atoms with Crippen LogP contribution in [0.25, 0.3) is 10.8 Å². The lowest BCUT2D eigenvalue weighted by molar-refractivity contribution is -0.127. The van der Waals surface area contributed by atoms with Crippen molar-refractivity contribution in [2.45, 2.75) is 39.3 Å². The Bertz CT molecular complexity index is 727. The van der Waals surface area contributed by atoms with E-state index in [4.69, 9.17) is 5.73 Å². The Hall–Kier alpha value is -2.40. The number of anilines is 1. The van der Waals surface area contributed by atoms with Crippen LogP contribution in [0.15, 0.2) is 42.5 Å². The minimum atomic E-state index is -0.651. The van der Waals surface area contributed by atoms with E-state index in [1.54, 1.807) is 6.92 Å². The summed E-state index contributed by atoms with van der Waals surface area (Å²) in [6, 6.07) is 12.4. The number of nitrogens with one attached hydrogen (secondary N) is 2. The maximum atomic E-state index is 12.3. The molecule has 5 nitrogen and oxygen atoms in total. The van der Waals surface area contributed by atoms with Crippen molar-refractivity contribution in [2.75, 3.05) is 5.32 Å². The predicted molar refractivity (Wildman–Crippen MR) is 97.6 cm³/mol. The summed E-state index contributed by atoms with van der Waals surface area (Å²) in [6.07, 6.45) is 0.588. The van der Waals surface area contributed by atoms with E-state index in [1.165, 1.54) is 0 Å². The molecule has 0 saturated carbocycles. The fourth-order valence-corrected chi connectivity index (χ4v) is 2.52. The van der Waals surface area contributed by atoms with E-state index in [0.29, 0.717) is 18.0 Å². The summed E-state index contributed by atoms with van der Waals surface area (Å²) in [5.41, 5.74) is 6.54. The molecule has 2 rings (SSSR count). The Morgan fingerprint density at radius 3 is 2.33 bits per heavy atom. The van der Waals surface area contributed by atoms with Crippen molar-refractivity contribution >= 4 is 28.3 Å². The van der Waals surface area contributed by atoms with Gasteiger partial charge in [0.05, 0.1) is 6.04 Å². The molecule has 0 bridgehead atoms. The maximum absolute atomic E-state index is 12.3. The molecular weight excluding hydrogens is 302 g/mol. The zero-order chi connectivity index (χ0) is 17.7. The van der Waals surface area contributed by atoms with Gasteiger partial charge in [0, 0.05) is 5.69 Å². The second-order valence-corrected chi connectivity index (χ2v) is 6.52. The first-order valence-corrected chi connectivity index (χ1v) is 8.22. The van der Waals surface area contributed by atoms with Crippen LogP contribution < -0.4 is 16.4 Å². The fraction of sp³-hybridized carbons (Fsp3) is 0.368. The van der Waals surface area contributed by atoms with Gasteiger partial charge in [0.15, 0.2) is 0 Å². The Labute approximate surface area is 142 Å². The molecule has 24 heavy (non-hydrogen) atoms. The average molecular weight is 327 g/mol. The van der Waals surface area contributed by atoms with Crippen molar-refractivity contribution in [1.82, 2.24) is 5.32 Å². The molecule has 0 aromatic heterocycles. The van der Waals surface area contributed by atoms with Crippen LogP contribution in [0.3, 0.4) is 0 Å². The third-order valence-electron chi connectivity index (χ3n) is 3.83. The van der Waals surface area contributed by atoms with Crippen LogP contribution in [0, 0.1) is 5.92 Å². The molecule has 0 aliphatic carbocycles. The highest BCUT2D eigenvalue weighted by Crippen LogP contribution is 2.18. The Morgan fingerprint density at radius 2 is 1.67 bits per heavy atom. The zero-order valence-electron chi connectivity index (χ0n) is 14.4. The highest BCUT2D eigenvalue weighted by molar-refractivity contribution is 5.99. The third-order valence-corrected chi connectivity index (χ3v) is 3.83. The molecule has 0 aliphatic heterocycles. The number of amides is 2. The van der Waals surface area contributed by atoms with E-state index in [9.17, 15) is 9.59 Å². The topological polar surface area (TPSA) is 84.2 Å². The lowest BCUT2D eigenvalue weighted by Crippen LogP contribution is -2.49. The largest absolute Gasteiger partial charge is 0.343 e. The first kappa shape index (κ1) is 17.9. The number of hydrogen-bond acceptors (Lipinski definition) is 3. The van der Waals surface area contributed by atoms with Crippen molar-refractivity contribution in [2.24, 2.45) is 11.7 Å². The van der Waals surface area contributed by atoms with E-state index >= 15 is 0 Å². The standard InChI is InChI=1S/C19H25N3O2/c1-12(2)10-17(20)19(24)21-13(3)18(23)22-16-9-8-14-6-4-5-7-15(14)11-16/h4-9,11-13,17H,10,20H2,1-3H3,(H,21,24)(H,22,23)/t13-,17-/m1/s1. The molecule has 128 valence electrons. The molecule has 2 aromatic carbocycles. The molecule has 0 heterocycles. The Morgan fingerprint density at radius 1 is 1.00 bits per heavy atom. The highest BCUT2D eigenvalue weighted by Gasteiger charge is 2.20. The second-order valence-electron chi connectivity index (χ2n) is 6.52. The molecule has 2 amide bonds. The number of carbonyl (C=O) groups is 2. The Balaban J connectivity index is 1.96. The molecule has 4 N–H and O–H groups in total. The van der Waals surface area contributed by atoms with Gasteiger partial charge < -0.3 is 16.4 Å². The Kier molecular flexibility index (Phi) is 5.93. The van der Waals surface area contributed by atoms with Crippen LogP contribution in [0.4, 0.5) is 5.69 Å². The number of hydrogen-bond donors (Lipinski definition) is 3. The highest BCUT2D eigenvalue weighted by atomic mass is 16.2. The van der Waals surface area contributed by atoms with Gasteiger partial charge in [-0.2, -0.15) is 0 Å². The predicted octanol–water partition coefficient (Wildman–Crippen LogP) is 2.66. The van der Waals surface area contributed by atoms with Gasteiger partial charge in [-0.25, -0.2) is 0 Å². The van der Waals surface area contributed by atoms with E-state index < -0.39 is 12.1 Å². The average Bonchev–Trinajstić information content (AvgIpc) is 2.53. The molecule has 0 spiro atoms. The molecule has 2 atom stereocenters. The summed E-state index contributed by atoms with van der Waals surface area (Å²) in [7, 11) is 0. The summed E-state index contributed by atoms with van der Waals surface area (Å²) in [5, 5.41) is 7.65. The number of fused-ring (bicyclic) bond motifs is 1. The summed E-state index contributed by atoms with van der Waals surface area (Å²) in [5.74, 6) is -0.243. The van der Waals surface area contributed by atoms with Gasteiger partial charge in [-0.1, -0.05) is 44.2 Å². The molecule has 0 unspecified atom stereocenters. The lowest BCUT2D eigenvalue weighted by Gasteiger charge is -2.18. The van der Waals surface area contributed by atoms with Gasteiger partial charge in [0.25, 0.3) is 0 Å². The molecule has 0 fully saturated rings. The van der Waals surface area contributed by atoms with Crippen LogP contribution in [-0.4, -0.2) is 23.9 Å². The van der Waals surface area contributed by atoms with Gasteiger partial charge in [-0.15, -0.1) is 0 Å². The van der Waals surface area contributed by atoms with Crippen molar-refractivity contribution in [3.05, 3.63) is 42.5 Å². The van der Waals surface area contributed by atoms with Crippen molar-refractivity contribution in [3.63, 3.8) is 0 Å². The monoisotopic (exact) mass is 327 g/mol. The van der Waals surface area contributed by atoms with E-state index in [0.717, 1.165) is 10.8 Å². The smallest absolute Gasteiger partial charge is 0.246 e. The maximum Gasteiger partial charge on any atom is 0.246 e. The fourth-order valence-electron chi connectivity index (χ4n) is 2.52. The van der Waals surface area contributed by atoms with Gasteiger partial charge >= 0.3 is 0 Å². The molecule has 5 heteroatoms. The van der Waals surface area contributed by atoms with Crippen LogP contribution in [0.1, 0.15) is 27.2 Å². The zero-order valence-corrected chi connectivity index (χ0v) is 14.4. The van der Waals surface area contributed by atoms with Gasteiger partial charge in [-0.3, -0.25) is 9.59 Å². The minimum absolute atomic E-state index is 0.268. The normalized spacial score (nSPS) is 13.5. The lowest BCUT2D eigenvalue weighted by atomic mass is 10.0. The van der Waals surface area contributed by atoms with Crippen LogP contribution >= 0.6 is 0 Å². The minimum Gasteiger partial charge on any atom is -0.343 e. The number of nitrogens with two attached hydrogens (primary N) is 1. The van der Waals surface area contributed by atoms with Crippen LogP contribution in [0.2, 0.25) is 0 Å². The van der Waals surface area contributed by atoms with Gasteiger partial charge in [-0.05, 0) is 42.2 Å². The molecule has 0 radical (unpaired) electrons. The second kappa shape index (κ2) is 7.93. The van der Waals surface area contributed by atoms with Gasteiger partial charge in [0.2, 0.25) is 11.8 Å². The first-order valence-electron chi connectivity index (χ1n) is 8.22. The van der Waals surface area contributed by atoms with Crippen molar-refractivity contribution in [1.29, 1.82) is 0 Å². The molecule has 2 aromatic rings. The van der Waals surface area contributed by atoms with E-state index in [1.807, 2.05) is 56.3 Å². The molecule has 0 saturated heterocycles. The number of benzene rings is 2. The first-order chi connectivity index (χ1) is 11.4. The quantitative estimate of drug-likeness (QED) is 0.762. The SMILES string of the molecule is CC(C)C[C@@H](N)C(=O)N[C@H](C)C(=O)Nc1ccc2ccccc2c1. The number of carbonyl (C=O) groups excluding carboxylic acids is 2. The van der Waals surface area contributed by atoms with Crippen molar-refractivity contribution in [3.8, 4) is 0 Å². The van der Waals surface area contributed by atoms with E-state index in [-0.39, 0.29) is 11.8 Å². The number of rotatable bonds is 6. The van der Waals surface area contributed by atoms with Crippen molar-refractivity contribution < 1.29 is 9.59 Å². The van der Waals surface area contributed by atoms with Gasteiger partial charge in [0.1, 0.15) is 6.04 Å². The van der Waals surface area contributed by atoms with Crippen LogP contribution in [0.5, 0.6) is 0 Å². The molecule has 0 aliphatic rings. The van der Waals surface area contributed by atoms with E-state index in [2.05, 4.69) is 10.6 Å². The summed E-state index contributed by atoms with van der Waals surface area (Å²) in [6.45, 7) is 5.66. The summed E-state index contributed by atoms with van der Waals surface area (Å²) >= 11 is 0. The summed E-state index contributed by atoms with van der Waals surface area (Å²) < 4.78 is 0. The van der Waals surface area contributed by atoms with Crippen LogP contribution in [-0.2, 0) is 9.59 Å². The summed E-state index contributed by atoms with van der Waals surface area (Å²) in [4.78, 5) is 24.3. The third kappa shape index (κ3) is 4.80.